The predicted molar refractivity (Wildman–Crippen MR) is 127 cm³/mol. The van der Waals surface area contributed by atoms with Crippen LogP contribution >= 0.6 is 53.2 Å². The maximum atomic E-state index is 12.4. The molecule has 0 aromatic heterocycles. The molecule has 0 amide bonds. The molecule has 0 aliphatic heterocycles. The fourth-order valence-corrected chi connectivity index (χ4v) is 5.97. The molecule has 0 aliphatic rings. The summed E-state index contributed by atoms with van der Waals surface area (Å²) in [6.07, 6.45) is 0. The molecule has 8 heteroatoms. The highest BCUT2D eigenvalue weighted by Crippen LogP contribution is 2.43. The van der Waals surface area contributed by atoms with Gasteiger partial charge in [-0.2, -0.15) is 0 Å². The van der Waals surface area contributed by atoms with Crippen molar-refractivity contribution in [3.8, 4) is 11.1 Å². The Labute approximate surface area is 192 Å². The topological polar surface area (TPSA) is 34.1 Å². The number of hydrogen-bond acceptors (Lipinski definition) is 2. The largest absolute Gasteiger partial charge is 0.237 e. The Morgan fingerprint density at radius 2 is 1.00 bits per heavy atom. The summed E-state index contributed by atoms with van der Waals surface area (Å²) in [7, 11) is 8.57. The third kappa shape index (κ3) is 3.71. The van der Waals surface area contributed by atoms with E-state index in [1.165, 1.54) is 0 Å². The first-order valence-corrected chi connectivity index (χ1v) is 13.5. The predicted octanol–water partition coefficient (Wildman–Crippen LogP) is 7.71. The first-order chi connectivity index (χ1) is 13.4. The van der Waals surface area contributed by atoms with Crippen molar-refractivity contribution in [1.29, 1.82) is 0 Å². The van der Waals surface area contributed by atoms with Crippen molar-refractivity contribution in [3.05, 3.63) is 69.6 Å². The molecule has 2 unspecified atom stereocenters. The first kappa shape index (κ1) is 20.5. The molecule has 0 bridgehead atoms. The van der Waals surface area contributed by atoms with Gasteiger partial charge in [0.2, 0.25) is 0 Å². The minimum atomic E-state index is -1.76. The number of fused-ring (bicyclic) bond motifs is 2. The molecule has 2 atom stereocenters. The van der Waals surface area contributed by atoms with Crippen LogP contribution in [-0.4, -0.2) is 8.42 Å². The van der Waals surface area contributed by atoms with Gasteiger partial charge in [0.25, 0.3) is 0 Å². The van der Waals surface area contributed by atoms with Crippen molar-refractivity contribution in [2.24, 2.45) is 0 Å². The van der Waals surface area contributed by atoms with Gasteiger partial charge in [0.05, 0.1) is 9.79 Å². The highest BCUT2D eigenvalue weighted by atomic mass is 79.9. The molecule has 0 radical (unpaired) electrons. The highest BCUT2D eigenvalue weighted by Gasteiger charge is 2.21. The molecule has 142 valence electrons. The normalized spacial score (nSPS) is 13.7. The highest BCUT2D eigenvalue weighted by molar-refractivity contribution is 9.10. The van der Waals surface area contributed by atoms with E-state index in [4.69, 9.17) is 21.4 Å². The van der Waals surface area contributed by atoms with Gasteiger partial charge in [-0.1, -0.05) is 56.1 Å². The summed E-state index contributed by atoms with van der Waals surface area (Å²) in [6.45, 7) is 0. The molecule has 0 saturated heterocycles. The zero-order valence-corrected chi connectivity index (χ0v) is 20.2. The van der Waals surface area contributed by atoms with E-state index in [0.717, 1.165) is 30.5 Å². The van der Waals surface area contributed by atoms with E-state index < -0.39 is 20.0 Å². The molecular weight excluding hydrogens is 567 g/mol. The molecule has 0 spiro atoms. The Hall–Kier alpha value is -0.760. The van der Waals surface area contributed by atoms with E-state index >= 15 is 0 Å². The summed E-state index contributed by atoms with van der Waals surface area (Å²) in [5.74, 6) is 0. The SMILES string of the molecule is O=S(Cl)c1ccc2cc(Br)ccc2c1-c1c(S(=O)Cl)ccc2cc(Br)ccc12. The van der Waals surface area contributed by atoms with Crippen molar-refractivity contribution in [2.75, 3.05) is 0 Å². The third-order valence-corrected chi connectivity index (χ3v) is 7.84. The second kappa shape index (κ2) is 8.17. The van der Waals surface area contributed by atoms with E-state index in [1.54, 1.807) is 12.1 Å². The van der Waals surface area contributed by atoms with E-state index in [0.29, 0.717) is 20.9 Å². The second-order valence-corrected chi connectivity index (χ2v) is 11.3. The van der Waals surface area contributed by atoms with E-state index in [1.807, 2.05) is 48.5 Å². The Morgan fingerprint density at radius 1 is 0.607 bits per heavy atom. The van der Waals surface area contributed by atoms with Crippen LogP contribution in [-0.2, 0) is 20.0 Å². The standard InChI is InChI=1S/C20H10Br2Cl2O2S2/c21-13-3-5-15-11(9-13)1-7-17(27(23)25)19(15)20-16-6-4-14(22)10-12(16)2-8-18(20)28(24)26/h1-10H. The number of rotatable bonds is 3. The van der Waals surface area contributed by atoms with Crippen molar-refractivity contribution >= 4 is 94.8 Å². The molecule has 4 aromatic rings. The minimum Gasteiger partial charge on any atom is -0.237 e. The summed E-state index contributed by atoms with van der Waals surface area (Å²) >= 11 is 6.97. The van der Waals surface area contributed by atoms with Crippen LogP contribution in [0.5, 0.6) is 0 Å². The maximum absolute atomic E-state index is 12.4. The van der Waals surface area contributed by atoms with Crippen LogP contribution in [0.3, 0.4) is 0 Å². The summed E-state index contributed by atoms with van der Waals surface area (Å²) in [6, 6.07) is 18.9. The average molecular weight is 577 g/mol. The van der Waals surface area contributed by atoms with Crippen molar-refractivity contribution in [3.63, 3.8) is 0 Å². The van der Waals surface area contributed by atoms with Gasteiger partial charge in [0.15, 0.2) is 0 Å². The fraction of sp³-hybridized carbons (Fsp3) is 0. The molecule has 0 saturated carbocycles. The number of halogens is 4. The van der Waals surface area contributed by atoms with Crippen LogP contribution in [0.15, 0.2) is 79.4 Å². The minimum absolute atomic E-state index is 0.454. The molecule has 0 heterocycles. The van der Waals surface area contributed by atoms with E-state index in [9.17, 15) is 8.42 Å². The molecule has 4 rings (SSSR count). The van der Waals surface area contributed by atoms with Crippen LogP contribution in [0.1, 0.15) is 0 Å². The molecule has 4 aromatic carbocycles. The monoisotopic (exact) mass is 574 g/mol. The van der Waals surface area contributed by atoms with Crippen molar-refractivity contribution in [2.45, 2.75) is 9.79 Å². The Bertz CT molecular complexity index is 1210. The average Bonchev–Trinajstić information content (AvgIpc) is 2.65. The van der Waals surface area contributed by atoms with Gasteiger partial charge in [-0.3, -0.25) is 0 Å². The Morgan fingerprint density at radius 3 is 1.36 bits per heavy atom. The van der Waals surface area contributed by atoms with Gasteiger partial charge in [0.1, 0.15) is 20.0 Å². The van der Waals surface area contributed by atoms with Gasteiger partial charge in [-0.05, 0) is 79.3 Å². The van der Waals surface area contributed by atoms with Crippen molar-refractivity contribution < 1.29 is 8.42 Å². The summed E-state index contributed by atoms with van der Waals surface area (Å²) in [5.41, 5.74) is 1.35. The molecular formula is C20H10Br2Cl2O2S2. The van der Waals surface area contributed by atoms with Crippen LogP contribution in [0.25, 0.3) is 32.7 Å². The summed E-state index contributed by atoms with van der Waals surface area (Å²) in [4.78, 5) is 0.908. The first-order valence-electron chi connectivity index (χ1n) is 7.98. The van der Waals surface area contributed by atoms with Gasteiger partial charge >= 0.3 is 0 Å². The smallest absolute Gasteiger partial charge is 0.148 e. The van der Waals surface area contributed by atoms with E-state index in [2.05, 4.69) is 31.9 Å². The Kier molecular flexibility index (Phi) is 5.98. The van der Waals surface area contributed by atoms with Gasteiger partial charge < -0.3 is 0 Å². The van der Waals surface area contributed by atoms with Gasteiger partial charge in [-0.15, -0.1) is 0 Å². The molecule has 28 heavy (non-hydrogen) atoms. The van der Waals surface area contributed by atoms with Crippen molar-refractivity contribution in [1.82, 2.24) is 0 Å². The molecule has 2 nitrogen and oxygen atoms in total. The second-order valence-electron chi connectivity index (χ2n) is 6.06. The number of benzene rings is 4. The van der Waals surface area contributed by atoms with Gasteiger partial charge in [-0.25, -0.2) is 8.42 Å². The lowest BCUT2D eigenvalue weighted by molar-refractivity contribution is 0.690. The zero-order chi connectivity index (χ0) is 20.0. The quantitative estimate of drug-likeness (QED) is 0.234. The van der Waals surface area contributed by atoms with E-state index in [-0.39, 0.29) is 0 Å². The lowest BCUT2D eigenvalue weighted by Gasteiger charge is -2.17. The summed E-state index contributed by atoms with van der Waals surface area (Å²) in [5, 5.41) is 3.59. The molecule has 0 N–H and O–H groups in total. The third-order valence-electron chi connectivity index (χ3n) is 4.48. The zero-order valence-electron chi connectivity index (χ0n) is 13.9. The van der Waals surface area contributed by atoms with Gasteiger partial charge in [0, 0.05) is 20.1 Å². The van der Waals surface area contributed by atoms with Crippen LogP contribution in [0.4, 0.5) is 0 Å². The lowest BCUT2D eigenvalue weighted by Crippen LogP contribution is -1.96. The van der Waals surface area contributed by atoms with Crippen LogP contribution in [0, 0.1) is 0 Å². The lowest BCUT2D eigenvalue weighted by atomic mass is 9.94. The number of hydrogen-bond donors (Lipinski definition) is 0. The Balaban J connectivity index is 2.25. The fourth-order valence-electron chi connectivity index (χ4n) is 3.34. The molecule has 0 fully saturated rings. The maximum Gasteiger partial charge on any atom is 0.148 e. The summed E-state index contributed by atoms with van der Waals surface area (Å²) < 4.78 is 26.6. The molecule has 0 aliphatic carbocycles. The van der Waals surface area contributed by atoms with Crippen LogP contribution in [0.2, 0.25) is 0 Å². The van der Waals surface area contributed by atoms with Crippen LogP contribution < -0.4 is 0 Å².